The molecule has 4 amide bonds. The summed E-state index contributed by atoms with van der Waals surface area (Å²) in [6.07, 6.45) is 1.34. The number of carbonyl (C=O) groups excluding carboxylic acids is 4. The first-order chi connectivity index (χ1) is 26.9. The number of aromatic amines is 1. The third kappa shape index (κ3) is 9.21. The molecule has 6 aromatic rings. The van der Waals surface area contributed by atoms with E-state index in [2.05, 4.69) is 20.9 Å². The Morgan fingerprint density at radius 3 is 2.25 bits per heavy atom. The number of para-hydroxylation sites is 1. The molecule has 280 valence electrons. The van der Waals surface area contributed by atoms with Gasteiger partial charge in [0, 0.05) is 36.1 Å². The maximum Gasteiger partial charge on any atom is 0.407 e. The number of amides is 4. The Bertz CT molecular complexity index is 2270. The number of benzene rings is 5. The molecule has 0 saturated heterocycles. The fraction of sp³-hybridized carbons (Fsp3) is 0.244. The lowest BCUT2D eigenvalue weighted by Crippen LogP contribution is -2.55. The number of aromatic nitrogens is 1. The van der Waals surface area contributed by atoms with Crippen LogP contribution >= 0.6 is 0 Å². The minimum Gasteiger partial charge on any atom is -0.445 e. The summed E-state index contributed by atoms with van der Waals surface area (Å²) < 4.78 is 5.36. The molecule has 0 fully saturated rings. The van der Waals surface area contributed by atoms with E-state index in [0.29, 0.717) is 25.8 Å². The average molecular weight is 736 g/mol. The highest BCUT2D eigenvalue weighted by Crippen LogP contribution is 2.30. The first kappa shape index (κ1) is 36.9. The van der Waals surface area contributed by atoms with Gasteiger partial charge in [-0.3, -0.25) is 14.4 Å². The van der Waals surface area contributed by atoms with Crippen LogP contribution in [0.5, 0.6) is 0 Å². The fourth-order valence-electron chi connectivity index (χ4n) is 7.37. The number of carbonyl (C=O) groups is 4. The van der Waals surface area contributed by atoms with Crippen LogP contribution in [0.3, 0.4) is 0 Å². The van der Waals surface area contributed by atoms with Crippen LogP contribution in [-0.4, -0.2) is 52.3 Å². The molecule has 1 aliphatic heterocycles. The fourth-order valence-corrected chi connectivity index (χ4v) is 7.37. The van der Waals surface area contributed by atoms with Gasteiger partial charge in [-0.1, -0.05) is 121 Å². The van der Waals surface area contributed by atoms with Crippen LogP contribution in [0.4, 0.5) is 4.79 Å². The van der Waals surface area contributed by atoms with Crippen LogP contribution in [0.25, 0.3) is 21.7 Å². The number of alkyl carbamates (subject to hydrolysis) is 1. The Balaban J connectivity index is 1.11. The summed E-state index contributed by atoms with van der Waals surface area (Å²) in [7, 11) is 0. The Morgan fingerprint density at radius 1 is 0.764 bits per heavy atom. The van der Waals surface area contributed by atoms with Crippen LogP contribution in [0.2, 0.25) is 0 Å². The predicted octanol–water partition coefficient (Wildman–Crippen LogP) is 6.72. The third-order valence-electron chi connectivity index (χ3n) is 10.2. The highest BCUT2D eigenvalue weighted by molar-refractivity contribution is 5.95. The highest BCUT2D eigenvalue weighted by Gasteiger charge is 2.38. The molecule has 0 aliphatic carbocycles. The molecule has 10 nitrogen and oxygen atoms in total. The normalized spacial score (nSPS) is 14.5. The van der Waals surface area contributed by atoms with Gasteiger partial charge in [0.25, 0.3) is 0 Å². The molecule has 7 rings (SSSR count). The summed E-state index contributed by atoms with van der Waals surface area (Å²) in [5.74, 6) is -0.872. The van der Waals surface area contributed by atoms with E-state index in [1.807, 2.05) is 127 Å². The summed E-state index contributed by atoms with van der Waals surface area (Å²) in [4.78, 5) is 60.0. The first-order valence-corrected chi connectivity index (χ1v) is 18.8. The number of ether oxygens (including phenoxy) is 1. The minimum atomic E-state index is -0.883. The number of rotatable bonds is 14. The van der Waals surface area contributed by atoms with Crippen molar-refractivity contribution in [2.75, 3.05) is 6.54 Å². The number of nitrogens with one attached hydrogen (secondary N) is 4. The van der Waals surface area contributed by atoms with Gasteiger partial charge in [-0.05, 0) is 58.4 Å². The molecule has 2 atom stereocenters. The highest BCUT2D eigenvalue weighted by atomic mass is 16.5. The summed E-state index contributed by atoms with van der Waals surface area (Å²) in [6.45, 7) is 0.963. The zero-order chi connectivity index (χ0) is 38.0. The van der Waals surface area contributed by atoms with Crippen molar-refractivity contribution in [2.24, 2.45) is 0 Å². The monoisotopic (exact) mass is 735 g/mol. The molecule has 1 aromatic heterocycles. The van der Waals surface area contributed by atoms with E-state index in [4.69, 9.17) is 4.74 Å². The van der Waals surface area contributed by atoms with Gasteiger partial charge in [-0.2, -0.15) is 0 Å². The van der Waals surface area contributed by atoms with Crippen molar-refractivity contribution < 1.29 is 23.9 Å². The number of nitrogens with zero attached hydrogens (tertiary/aromatic N) is 1. The van der Waals surface area contributed by atoms with Crippen molar-refractivity contribution in [3.8, 4) is 0 Å². The van der Waals surface area contributed by atoms with E-state index >= 15 is 0 Å². The van der Waals surface area contributed by atoms with Crippen molar-refractivity contribution in [2.45, 2.75) is 63.9 Å². The Labute approximate surface area is 320 Å². The molecule has 1 aliphatic rings. The zero-order valence-electron chi connectivity index (χ0n) is 30.6. The average Bonchev–Trinajstić information content (AvgIpc) is 3.50. The van der Waals surface area contributed by atoms with Crippen LogP contribution in [-0.2, 0) is 51.7 Å². The molecule has 0 unspecified atom stereocenters. The Hall–Kier alpha value is -6.42. The Morgan fingerprint density at radius 2 is 1.45 bits per heavy atom. The van der Waals surface area contributed by atoms with Gasteiger partial charge < -0.3 is 30.6 Å². The molecular weight excluding hydrogens is 691 g/mol. The van der Waals surface area contributed by atoms with Crippen molar-refractivity contribution in [3.05, 3.63) is 155 Å². The van der Waals surface area contributed by atoms with Crippen molar-refractivity contribution in [1.82, 2.24) is 25.8 Å². The largest absolute Gasteiger partial charge is 0.445 e. The van der Waals surface area contributed by atoms with Crippen LogP contribution in [0.1, 0.15) is 47.2 Å². The summed E-state index contributed by atoms with van der Waals surface area (Å²) in [6, 6.07) is 39.1. The first-order valence-electron chi connectivity index (χ1n) is 18.8. The van der Waals surface area contributed by atoms with E-state index < -0.39 is 18.2 Å². The van der Waals surface area contributed by atoms with E-state index in [9.17, 15) is 19.2 Å². The predicted molar refractivity (Wildman–Crippen MR) is 213 cm³/mol. The molecule has 0 radical (unpaired) electrons. The number of fused-ring (bicyclic) bond motifs is 4. The second-order valence-corrected chi connectivity index (χ2v) is 13.9. The maximum absolute atomic E-state index is 14.6. The lowest BCUT2D eigenvalue weighted by atomic mass is 10.0. The topological polar surface area (TPSA) is 133 Å². The quantitative estimate of drug-likeness (QED) is 0.0924. The molecule has 0 spiro atoms. The lowest BCUT2D eigenvalue weighted by molar-refractivity contribution is -0.144. The minimum absolute atomic E-state index is 0.126. The van der Waals surface area contributed by atoms with Gasteiger partial charge in [0.05, 0.1) is 13.0 Å². The van der Waals surface area contributed by atoms with Crippen molar-refractivity contribution in [1.29, 1.82) is 0 Å². The number of hydrogen-bond acceptors (Lipinski definition) is 5. The molecule has 0 saturated carbocycles. The molecule has 10 heteroatoms. The summed E-state index contributed by atoms with van der Waals surface area (Å²) >= 11 is 0. The molecule has 0 bridgehead atoms. The molecular formula is C45H45N5O5. The lowest BCUT2D eigenvalue weighted by Gasteiger charge is -2.32. The van der Waals surface area contributed by atoms with E-state index in [-0.39, 0.29) is 50.3 Å². The second kappa shape index (κ2) is 17.6. The Kier molecular flexibility index (Phi) is 11.8. The molecule has 55 heavy (non-hydrogen) atoms. The van der Waals surface area contributed by atoms with Crippen molar-refractivity contribution in [3.63, 3.8) is 0 Å². The van der Waals surface area contributed by atoms with Crippen molar-refractivity contribution >= 4 is 45.5 Å². The summed E-state index contributed by atoms with van der Waals surface area (Å²) in [5, 5.41) is 12.1. The number of hydrogen-bond donors (Lipinski definition) is 4. The van der Waals surface area contributed by atoms with Crippen LogP contribution in [0, 0.1) is 0 Å². The van der Waals surface area contributed by atoms with Gasteiger partial charge in [-0.15, -0.1) is 0 Å². The van der Waals surface area contributed by atoms with Gasteiger partial charge in [0.1, 0.15) is 18.7 Å². The van der Waals surface area contributed by atoms with Crippen LogP contribution < -0.4 is 16.0 Å². The standard InChI is InChI=1S/C45H45N5O5/c51-42(26-31-14-3-1-4-15-31)49-39-27-37-36-22-9-10-23-38(36)48-40(37)29-50(44(39)53)41(24-11-12-25-46-45(54)55-30-32-16-5-2-6-17-32)43(52)47-28-34-20-13-19-33-18-7-8-21-35(33)34/h1-10,13-23,39,41,48H,11-12,24-30H2,(H,46,54)(H,47,52)(H,49,51)/t39-,41+/m1/s1. The maximum atomic E-state index is 14.6. The van der Waals surface area contributed by atoms with E-state index in [1.165, 1.54) is 0 Å². The zero-order valence-corrected chi connectivity index (χ0v) is 30.6. The number of H-pyrrole nitrogens is 1. The van der Waals surface area contributed by atoms with Gasteiger partial charge >= 0.3 is 6.09 Å². The third-order valence-corrected chi connectivity index (χ3v) is 10.2. The SMILES string of the molecule is O=C(Cc1ccccc1)N[C@@H]1Cc2c([nH]c3ccccc23)CN([C@@H](CCCCNC(=O)OCc2ccccc2)C(=O)NCc2cccc3ccccc23)C1=O. The smallest absolute Gasteiger partial charge is 0.407 e. The number of unbranched alkanes of at least 4 members (excludes halogenated alkanes) is 1. The molecule has 5 aromatic carbocycles. The molecule has 4 N–H and O–H groups in total. The summed E-state index contributed by atoms with van der Waals surface area (Å²) in [5.41, 5.74) is 5.42. The molecule has 2 heterocycles. The van der Waals surface area contributed by atoms with Gasteiger partial charge in [0.15, 0.2) is 0 Å². The van der Waals surface area contributed by atoms with E-state index in [0.717, 1.165) is 49.6 Å². The van der Waals surface area contributed by atoms with Gasteiger partial charge in [-0.25, -0.2) is 4.79 Å². The second-order valence-electron chi connectivity index (χ2n) is 13.9. The van der Waals surface area contributed by atoms with Gasteiger partial charge in [0.2, 0.25) is 17.7 Å². The van der Waals surface area contributed by atoms with E-state index in [1.54, 1.807) is 4.90 Å². The van der Waals surface area contributed by atoms with Crippen LogP contribution in [0.15, 0.2) is 127 Å².